The first-order chi connectivity index (χ1) is 7.40. The molecule has 0 fully saturated rings. The number of nitrogens with one attached hydrogen (secondary N) is 1. The van der Waals surface area contributed by atoms with Crippen molar-refractivity contribution in [1.29, 1.82) is 0 Å². The smallest absolute Gasteiger partial charge is 0.305 e. The van der Waals surface area contributed by atoms with E-state index in [2.05, 4.69) is 5.32 Å². The molecule has 0 spiro atoms. The third kappa shape index (κ3) is 3.15. The summed E-state index contributed by atoms with van der Waals surface area (Å²) < 4.78 is 38.7. The quantitative estimate of drug-likeness (QED) is 0.785. The molecule has 1 unspecified atom stereocenters. The molecule has 0 saturated carbocycles. The lowest BCUT2D eigenvalue weighted by atomic mass is 10.2. The minimum Gasteiger partial charge on any atom is -0.481 e. The maximum absolute atomic E-state index is 13.1. The maximum atomic E-state index is 13.1. The number of hydrogen-bond donors (Lipinski definition) is 2. The van der Waals surface area contributed by atoms with Gasteiger partial charge in [0.2, 0.25) is 0 Å². The van der Waals surface area contributed by atoms with Crippen LogP contribution in [-0.2, 0) is 4.79 Å². The highest BCUT2D eigenvalue weighted by Gasteiger charge is 2.14. The summed E-state index contributed by atoms with van der Waals surface area (Å²) in [6.45, 7) is 1.47. The summed E-state index contributed by atoms with van der Waals surface area (Å²) in [5.74, 6) is -4.55. The van der Waals surface area contributed by atoms with Gasteiger partial charge in [0.05, 0.1) is 12.1 Å². The van der Waals surface area contributed by atoms with E-state index < -0.39 is 29.5 Å². The summed E-state index contributed by atoms with van der Waals surface area (Å²) in [6.07, 6.45) is -0.280. The maximum Gasteiger partial charge on any atom is 0.305 e. The molecule has 6 heteroatoms. The molecule has 2 N–H and O–H groups in total. The van der Waals surface area contributed by atoms with Gasteiger partial charge in [-0.2, -0.15) is 0 Å². The van der Waals surface area contributed by atoms with E-state index in [1.54, 1.807) is 0 Å². The van der Waals surface area contributed by atoms with Gasteiger partial charge in [-0.1, -0.05) is 0 Å². The van der Waals surface area contributed by atoms with Crippen LogP contribution in [0.1, 0.15) is 13.3 Å². The van der Waals surface area contributed by atoms with Crippen molar-refractivity contribution in [3.05, 3.63) is 29.6 Å². The third-order valence-electron chi connectivity index (χ3n) is 1.88. The molecule has 16 heavy (non-hydrogen) atoms. The Labute approximate surface area is 89.9 Å². The monoisotopic (exact) mass is 233 g/mol. The van der Waals surface area contributed by atoms with Gasteiger partial charge in [0.15, 0.2) is 11.6 Å². The molecule has 0 bridgehead atoms. The van der Waals surface area contributed by atoms with Crippen LogP contribution >= 0.6 is 0 Å². The molecule has 0 aliphatic carbocycles. The SMILES string of the molecule is CC(CC(=O)O)Nc1cc(F)cc(F)c1F. The molecule has 0 amide bonds. The minimum absolute atomic E-state index is 0.280. The average Bonchev–Trinajstić information content (AvgIpc) is 2.11. The molecule has 1 aromatic rings. The highest BCUT2D eigenvalue weighted by molar-refractivity contribution is 5.68. The van der Waals surface area contributed by atoms with Crippen molar-refractivity contribution in [2.75, 3.05) is 5.32 Å². The lowest BCUT2D eigenvalue weighted by Gasteiger charge is -2.13. The van der Waals surface area contributed by atoms with Crippen molar-refractivity contribution in [2.24, 2.45) is 0 Å². The van der Waals surface area contributed by atoms with Crippen LogP contribution in [0.25, 0.3) is 0 Å². The number of carbonyl (C=O) groups is 1. The van der Waals surface area contributed by atoms with Gasteiger partial charge in [-0.3, -0.25) is 4.79 Å². The fourth-order valence-corrected chi connectivity index (χ4v) is 1.24. The number of rotatable bonds is 4. The van der Waals surface area contributed by atoms with Gasteiger partial charge in [0, 0.05) is 18.2 Å². The summed E-state index contributed by atoms with van der Waals surface area (Å²) in [5.41, 5.74) is -0.383. The number of hydrogen-bond acceptors (Lipinski definition) is 2. The van der Waals surface area contributed by atoms with E-state index in [0.29, 0.717) is 6.07 Å². The van der Waals surface area contributed by atoms with E-state index in [1.165, 1.54) is 6.92 Å². The minimum atomic E-state index is -1.31. The Bertz CT molecular complexity index is 409. The largest absolute Gasteiger partial charge is 0.481 e. The van der Waals surface area contributed by atoms with Crippen LogP contribution in [0, 0.1) is 17.5 Å². The van der Waals surface area contributed by atoms with Gasteiger partial charge in [-0.05, 0) is 6.92 Å². The van der Waals surface area contributed by atoms with Crippen molar-refractivity contribution in [3.63, 3.8) is 0 Å². The van der Waals surface area contributed by atoms with E-state index in [9.17, 15) is 18.0 Å². The second-order valence-corrected chi connectivity index (χ2v) is 3.39. The molecule has 0 radical (unpaired) electrons. The number of carboxylic acid groups (broad SMARTS) is 1. The molecule has 0 saturated heterocycles. The van der Waals surface area contributed by atoms with Crippen LogP contribution in [-0.4, -0.2) is 17.1 Å². The fraction of sp³-hybridized carbons (Fsp3) is 0.300. The molecule has 3 nitrogen and oxygen atoms in total. The first-order valence-corrected chi connectivity index (χ1v) is 4.53. The van der Waals surface area contributed by atoms with Gasteiger partial charge in [-0.25, -0.2) is 13.2 Å². The lowest BCUT2D eigenvalue weighted by molar-refractivity contribution is -0.137. The van der Waals surface area contributed by atoms with Crippen molar-refractivity contribution < 1.29 is 23.1 Å². The van der Waals surface area contributed by atoms with Crippen molar-refractivity contribution in [1.82, 2.24) is 0 Å². The highest BCUT2D eigenvalue weighted by atomic mass is 19.2. The summed E-state index contributed by atoms with van der Waals surface area (Å²) in [4.78, 5) is 10.3. The summed E-state index contributed by atoms with van der Waals surface area (Å²) in [7, 11) is 0. The van der Waals surface area contributed by atoms with Gasteiger partial charge in [0.25, 0.3) is 0 Å². The van der Waals surface area contributed by atoms with Gasteiger partial charge in [-0.15, -0.1) is 0 Å². The highest BCUT2D eigenvalue weighted by Crippen LogP contribution is 2.20. The van der Waals surface area contributed by atoms with Crippen molar-refractivity contribution >= 4 is 11.7 Å². The van der Waals surface area contributed by atoms with E-state index in [4.69, 9.17) is 5.11 Å². The first kappa shape index (κ1) is 12.4. The number of carboxylic acids is 1. The summed E-state index contributed by atoms with van der Waals surface area (Å²) in [6, 6.07) is 0.562. The number of halogens is 3. The number of benzene rings is 1. The predicted octanol–water partition coefficient (Wildman–Crippen LogP) is 2.38. The van der Waals surface area contributed by atoms with Crippen LogP contribution in [0.5, 0.6) is 0 Å². The molecular weight excluding hydrogens is 223 g/mol. The second kappa shape index (κ2) is 4.87. The molecule has 0 aliphatic heterocycles. The van der Waals surface area contributed by atoms with E-state index in [-0.39, 0.29) is 12.1 Å². The molecule has 1 atom stereocenters. The average molecular weight is 233 g/mol. The lowest BCUT2D eigenvalue weighted by Crippen LogP contribution is -2.20. The first-order valence-electron chi connectivity index (χ1n) is 4.53. The van der Waals surface area contributed by atoms with Crippen LogP contribution in [0.4, 0.5) is 18.9 Å². The fourth-order valence-electron chi connectivity index (χ4n) is 1.24. The van der Waals surface area contributed by atoms with E-state index in [1.807, 2.05) is 0 Å². The Kier molecular flexibility index (Phi) is 3.76. The molecule has 0 heterocycles. The molecule has 88 valence electrons. The predicted molar refractivity (Wildman–Crippen MR) is 51.7 cm³/mol. The molecule has 1 rings (SSSR count). The number of anilines is 1. The molecule has 1 aromatic carbocycles. The molecule has 0 aliphatic rings. The molecule has 0 aromatic heterocycles. The normalized spacial score (nSPS) is 12.2. The van der Waals surface area contributed by atoms with E-state index >= 15 is 0 Å². The Morgan fingerprint density at radius 2 is 2.06 bits per heavy atom. The van der Waals surface area contributed by atoms with Gasteiger partial charge in [0.1, 0.15) is 5.82 Å². The Balaban J connectivity index is 2.84. The second-order valence-electron chi connectivity index (χ2n) is 3.39. The summed E-state index contributed by atoms with van der Waals surface area (Å²) in [5, 5.41) is 10.8. The Morgan fingerprint density at radius 3 is 2.62 bits per heavy atom. The zero-order valence-electron chi connectivity index (χ0n) is 8.43. The zero-order valence-corrected chi connectivity index (χ0v) is 8.43. The van der Waals surface area contributed by atoms with Gasteiger partial charge >= 0.3 is 5.97 Å². The van der Waals surface area contributed by atoms with Crippen LogP contribution in [0.2, 0.25) is 0 Å². The van der Waals surface area contributed by atoms with Gasteiger partial charge < -0.3 is 10.4 Å². The topological polar surface area (TPSA) is 49.3 Å². The standard InChI is InChI=1S/C10H10F3NO2/c1-5(2-9(15)16)14-8-4-6(11)3-7(12)10(8)13/h3-5,14H,2H2,1H3,(H,15,16). The Hall–Kier alpha value is -1.72. The van der Waals surface area contributed by atoms with E-state index in [0.717, 1.165) is 6.07 Å². The van der Waals surface area contributed by atoms with Crippen molar-refractivity contribution in [2.45, 2.75) is 19.4 Å². The van der Waals surface area contributed by atoms with Crippen LogP contribution in [0.15, 0.2) is 12.1 Å². The Morgan fingerprint density at radius 1 is 1.44 bits per heavy atom. The van der Waals surface area contributed by atoms with Crippen molar-refractivity contribution in [3.8, 4) is 0 Å². The zero-order chi connectivity index (χ0) is 12.3. The third-order valence-corrected chi connectivity index (χ3v) is 1.88. The van der Waals surface area contributed by atoms with Crippen LogP contribution in [0.3, 0.4) is 0 Å². The summed E-state index contributed by atoms with van der Waals surface area (Å²) >= 11 is 0. The number of aliphatic carboxylic acids is 1. The molecular formula is C10H10F3NO2. The van der Waals surface area contributed by atoms with Crippen LogP contribution < -0.4 is 5.32 Å².